The topological polar surface area (TPSA) is 64.7 Å². The van der Waals surface area contributed by atoms with E-state index >= 15 is 0 Å². The van der Waals surface area contributed by atoms with Crippen molar-refractivity contribution < 1.29 is 9.59 Å². The highest BCUT2D eigenvalue weighted by atomic mass is 16.2. The molecule has 6 nitrogen and oxygen atoms in total. The van der Waals surface area contributed by atoms with E-state index in [-0.39, 0.29) is 11.8 Å². The molecule has 1 fully saturated rings. The molecule has 0 radical (unpaired) electrons. The van der Waals surface area contributed by atoms with Crippen molar-refractivity contribution in [2.75, 3.05) is 52.4 Å². The molecule has 0 spiro atoms. The second-order valence-electron chi connectivity index (χ2n) is 12.1. The van der Waals surface area contributed by atoms with E-state index in [0.717, 1.165) is 70.6 Å². The highest BCUT2D eigenvalue weighted by Gasteiger charge is 2.16. The van der Waals surface area contributed by atoms with Gasteiger partial charge in [-0.1, -0.05) is 115 Å². The Kier molecular flexibility index (Phi) is 21.2. The van der Waals surface area contributed by atoms with Crippen molar-refractivity contribution in [1.29, 1.82) is 0 Å². The van der Waals surface area contributed by atoms with Crippen molar-refractivity contribution in [3.8, 4) is 0 Å². The lowest BCUT2D eigenvalue weighted by Gasteiger charge is -2.34. The number of carbonyl (C=O) groups excluding carboxylic acids is 2. The first kappa shape index (κ1) is 35.3. The number of rotatable bonds is 25. The van der Waals surface area contributed by atoms with Crippen molar-refractivity contribution in [1.82, 2.24) is 20.4 Å². The molecule has 41 heavy (non-hydrogen) atoms. The molecule has 1 aliphatic rings. The fraction of sp³-hybridized carbons (Fsp3) is 0.771. The van der Waals surface area contributed by atoms with Gasteiger partial charge in [0.05, 0.1) is 0 Å². The fourth-order valence-electron chi connectivity index (χ4n) is 5.71. The summed E-state index contributed by atoms with van der Waals surface area (Å²) < 4.78 is 0. The number of carbonyl (C=O) groups is 2. The number of hydrogen-bond donors (Lipinski definition) is 2. The third-order valence-corrected chi connectivity index (χ3v) is 8.42. The number of hydrogen-bond acceptors (Lipinski definition) is 4. The summed E-state index contributed by atoms with van der Waals surface area (Å²) in [4.78, 5) is 29.3. The number of nitrogens with one attached hydrogen (secondary N) is 2. The summed E-state index contributed by atoms with van der Waals surface area (Å²) in [7, 11) is 0. The van der Waals surface area contributed by atoms with Gasteiger partial charge in [-0.15, -0.1) is 0 Å². The van der Waals surface area contributed by atoms with Crippen molar-refractivity contribution in [3.63, 3.8) is 0 Å². The summed E-state index contributed by atoms with van der Waals surface area (Å²) in [6, 6.07) is 9.41. The number of piperazine rings is 1. The molecule has 0 atom stereocenters. The predicted molar refractivity (Wildman–Crippen MR) is 173 cm³/mol. The molecule has 6 heteroatoms. The van der Waals surface area contributed by atoms with Gasteiger partial charge in [-0.2, -0.15) is 0 Å². The number of benzene rings is 1. The van der Waals surface area contributed by atoms with Crippen LogP contribution in [0.3, 0.4) is 0 Å². The van der Waals surface area contributed by atoms with Gasteiger partial charge in [-0.05, 0) is 44.5 Å². The van der Waals surface area contributed by atoms with E-state index in [4.69, 9.17) is 0 Å². The molecule has 0 saturated carbocycles. The second kappa shape index (κ2) is 24.7. The molecule has 0 unspecified atom stereocenters. The molecule has 1 aromatic rings. The van der Waals surface area contributed by atoms with Crippen LogP contribution in [0.25, 0.3) is 0 Å². The summed E-state index contributed by atoms with van der Waals surface area (Å²) in [5.74, 6) is 0.237. The van der Waals surface area contributed by atoms with Gasteiger partial charge in [0.15, 0.2) is 0 Å². The van der Waals surface area contributed by atoms with Crippen LogP contribution in [-0.4, -0.2) is 74.0 Å². The summed E-state index contributed by atoms with van der Waals surface area (Å²) in [5.41, 5.74) is 0.724. The van der Waals surface area contributed by atoms with Gasteiger partial charge in [0, 0.05) is 51.3 Å². The predicted octanol–water partition coefficient (Wildman–Crippen LogP) is 7.19. The number of nitrogens with zero attached hydrogens (tertiary/aromatic N) is 2. The van der Waals surface area contributed by atoms with E-state index in [1.807, 2.05) is 30.3 Å². The molecule has 0 aliphatic carbocycles. The lowest BCUT2D eigenvalue weighted by molar-refractivity contribution is -0.121. The van der Waals surface area contributed by atoms with Crippen LogP contribution in [0.4, 0.5) is 0 Å². The zero-order chi connectivity index (χ0) is 29.2. The molecule has 1 aromatic carbocycles. The fourth-order valence-corrected chi connectivity index (χ4v) is 5.71. The Morgan fingerprint density at radius 1 is 0.585 bits per heavy atom. The average molecular weight is 571 g/mol. The summed E-state index contributed by atoms with van der Waals surface area (Å²) in [5, 5.41) is 6.14. The smallest absolute Gasteiger partial charge is 0.251 e. The van der Waals surface area contributed by atoms with Gasteiger partial charge < -0.3 is 20.4 Å². The average Bonchev–Trinajstić information content (AvgIpc) is 3.00. The van der Waals surface area contributed by atoms with Gasteiger partial charge in [0.1, 0.15) is 0 Å². The maximum absolute atomic E-state index is 12.2. The minimum atomic E-state index is 0.0114. The van der Waals surface area contributed by atoms with Crippen LogP contribution >= 0.6 is 0 Å². The van der Waals surface area contributed by atoms with E-state index in [9.17, 15) is 9.59 Å². The van der Waals surface area contributed by atoms with E-state index in [1.165, 1.54) is 89.9 Å². The van der Waals surface area contributed by atoms with Crippen LogP contribution in [0.2, 0.25) is 0 Å². The summed E-state index contributed by atoms with van der Waals surface area (Å²) in [6.07, 6.45) is 23.0. The Balaban J connectivity index is 1.30. The largest absolute Gasteiger partial charge is 0.356 e. The SMILES string of the molecule is CCCCCCCCCCCCCCCCCC(=O)NCCCN1CCN(CCCNC(=O)c2ccccc2)CC1. The third-order valence-electron chi connectivity index (χ3n) is 8.42. The van der Waals surface area contributed by atoms with Crippen LogP contribution in [0.1, 0.15) is 133 Å². The van der Waals surface area contributed by atoms with Crippen molar-refractivity contribution in [2.45, 2.75) is 122 Å². The van der Waals surface area contributed by atoms with Gasteiger partial charge in [0.25, 0.3) is 5.91 Å². The second-order valence-corrected chi connectivity index (χ2v) is 12.1. The zero-order valence-corrected chi connectivity index (χ0v) is 26.5. The van der Waals surface area contributed by atoms with Gasteiger partial charge in [-0.25, -0.2) is 0 Å². The minimum absolute atomic E-state index is 0.0114. The Labute approximate surface area is 252 Å². The van der Waals surface area contributed by atoms with Gasteiger partial charge in [0.2, 0.25) is 5.91 Å². The lowest BCUT2D eigenvalue weighted by Crippen LogP contribution is -2.47. The van der Waals surface area contributed by atoms with E-state index in [2.05, 4.69) is 27.4 Å². The monoisotopic (exact) mass is 570 g/mol. The molecule has 1 heterocycles. The molecular weight excluding hydrogens is 508 g/mol. The molecule has 234 valence electrons. The maximum Gasteiger partial charge on any atom is 0.251 e. The lowest BCUT2D eigenvalue weighted by atomic mass is 10.0. The Morgan fingerprint density at radius 2 is 1.02 bits per heavy atom. The van der Waals surface area contributed by atoms with Crippen LogP contribution in [0.5, 0.6) is 0 Å². The van der Waals surface area contributed by atoms with E-state index < -0.39 is 0 Å². The third kappa shape index (κ3) is 19.0. The van der Waals surface area contributed by atoms with Crippen LogP contribution < -0.4 is 10.6 Å². The standard InChI is InChI=1S/C35H62N4O2/c1-2-3-4-5-6-7-8-9-10-11-12-13-14-15-19-24-34(40)36-25-20-27-38-29-31-39(32-30-38)28-21-26-37-35(41)33-22-17-16-18-23-33/h16-18,22-23H,2-15,19-21,24-32H2,1H3,(H,36,40)(H,37,41). The van der Waals surface area contributed by atoms with Gasteiger partial charge >= 0.3 is 0 Å². The Morgan fingerprint density at radius 3 is 1.51 bits per heavy atom. The van der Waals surface area contributed by atoms with Crippen molar-refractivity contribution in [2.24, 2.45) is 0 Å². The maximum atomic E-state index is 12.2. The Bertz CT molecular complexity index is 765. The molecule has 2 amide bonds. The molecule has 2 rings (SSSR count). The zero-order valence-electron chi connectivity index (χ0n) is 26.5. The minimum Gasteiger partial charge on any atom is -0.356 e. The van der Waals surface area contributed by atoms with E-state index in [0.29, 0.717) is 13.0 Å². The molecule has 1 aliphatic heterocycles. The first-order valence-electron chi connectivity index (χ1n) is 17.2. The molecule has 2 N–H and O–H groups in total. The van der Waals surface area contributed by atoms with Crippen molar-refractivity contribution >= 4 is 11.8 Å². The van der Waals surface area contributed by atoms with Crippen LogP contribution in [0, 0.1) is 0 Å². The molecule has 1 saturated heterocycles. The quantitative estimate of drug-likeness (QED) is 0.122. The first-order chi connectivity index (χ1) is 20.2. The Hall–Kier alpha value is -1.92. The molecule has 0 bridgehead atoms. The van der Waals surface area contributed by atoms with Gasteiger partial charge in [-0.3, -0.25) is 9.59 Å². The van der Waals surface area contributed by atoms with Crippen LogP contribution in [0.15, 0.2) is 30.3 Å². The van der Waals surface area contributed by atoms with Crippen LogP contribution in [-0.2, 0) is 4.79 Å². The molecule has 0 aromatic heterocycles. The molecular formula is C35H62N4O2. The summed E-state index contributed by atoms with van der Waals surface area (Å²) in [6.45, 7) is 10.2. The van der Waals surface area contributed by atoms with E-state index in [1.54, 1.807) is 0 Å². The number of unbranched alkanes of at least 4 members (excludes halogenated alkanes) is 14. The first-order valence-corrected chi connectivity index (χ1v) is 17.2. The highest BCUT2D eigenvalue weighted by Crippen LogP contribution is 2.13. The highest BCUT2D eigenvalue weighted by molar-refractivity contribution is 5.94. The van der Waals surface area contributed by atoms with Crippen molar-refractivity contribution in [3.05, 3.63) is 35.9 Å². The summed E-state index contributed by atoms with van der Waals surface area (Å²) >= 11 is 0. The normalized spacial score (nSPS) is 14.3. The number of amides is 2.